The number of hydrazine groups is 1. The zero-order valence-electron chi connectivity index (χ0n) is 13.5. The SMILES string of the molecule is CNC(=O)NNC(=O)c1cn(Cc2ccccc2)nc1-c1cccs1. The fourth-order valence-corrected chi connectivity index (χ4v) is 3.00. The number of carbonyl (C=O) groups is 2. The van der Waals surface area contributed by atoms with Gasteiger partial charge in [-0.05, 0) is 17.0 Å². The van der Waals surface area contributed by atoms with Crippen molar-refractivity contribution in [2.45, 2.75) is 6.54 Å². The summed E-state index contributed by atoms with van der Waals surface area (Å²) in [6.45, 7) is 0.551. The predicted octanol–water partition coefficient (Wildman–Crippen LogP) is 2.23. The summed E-state index contributed by atoms with van der Waals surface area (Å²) in [6.07, 6.45) is 1.68. The van der Waals surface area contributed by atoms with E-state index in [9.17, 15) is 9.59 Å². The van der Waals surface area contributed by atoms with E-state index in [0.717, 1.165) is 10.4 Å². The number of aromatic nitrogens is 2. The summed E-state index contributed by atoms with van der Waals surface area (Å²) in [4.78, 5) is 24.6. The second kappa shape index (κ2) is 7.63. The molecule has 8 heteroatoms. The summed E-state index contributed by atoms with van der Waals surface area (Å²) < 4.78 is 1.72. The van der Waals surface area contributed by atoms with E-state index in [1.54, 1.807) is 10.9 Å². The molecular formula is C17H17N5O2S. The van der Waals surface area contributed by atoms with Crippen molar-refractivity contribution in [2.75, 3.05) is 7.05 Å². The molecule has 0 saturated carbocycles. The Morgan fingerprint density at radius 3 is 2.60 bits per heavy atom. The van der Waals surface area contributed by atoms with Crippen molar-refractivity contribution in [3.63, 3.8) is 0 Å². The molecule has 3 amide bonds. The molecule has 2 heterocycles. The van der Waals surface area contributed by atoms with Gasteiger partial charge in [-0.2, -0.15) is 5.10 Å². The standard InChI is InChI=1S/C17H17N5O2S/c1-18-17(24)20-19-16(23)13-11-22(10-12-6-3-2-4-7-12)21-15(13)14-8-5-9-25-14/h2-9,11H,10H2,1H3,(H,19,23)(H2,18,20,24). The van der Waals surface area contributed by atoms with Crippen molar-refractivity contribution in [1.29, 1.82) is 0 Å². The third kappa shape index (κ3) is 4.04. The van der Waals surface area contributed by atoms with Crippen molar-refractivity contribution in [2.24, 2.45) is 0 Å². The van der Waals surface area contributed by atoms with Gasteiger partial charge in [0, 0.05) is 13.2 Å². The van der Waals surface area contributed by atoms with Crippen LogP contribution in [-0.4, -0.2) is 28.8 Å². The van der Waals surface area contributed by atoms with Crippen LogP contribution in [0.25, 0.3) is 10.6 Å². The van der Waals surface area contributed by atoms with Crippen LogP contribution in [0.4, 0.5) is 4.79 Å². The van der Waals surface area contributed by atoms with Crippen molar-refractivity contribution in [3.8, 4) is 10.6 Å². The number of urea groups is 1. The Hall–Kier alpha value is -3.13. The lowest BCUT2D eigenvalue weighted by atomic mass is 10.2. The van der Waals surface area contributed by atoms with Crippen molar-refractivity contribution in [3.05, 3.63) is 65.2 Å². The number of amides is 3. The van der Waals surface area contributed by atoms with Crippen LogP contribution in [0.5, 0.6) is 0 Å². The number of nitrogens with zero attached hydrogens (tertiary/aromatic N) is 2. The second-order valence-corrected chi connectivity index (χ2v) is 6.16. The molecule has 0 aliphatic carbocycles. The van der Waals surface area contributed by atoms with Gasteiger partial charge in [-0.3, -0.25) is 14.9 Å². The maximum absolute atomic E-state index is 12.4. The van der Waals surface area contributed by atoms with E-state index < -0.39 is 11.9 Å². The Bertz CT molecular complexity index is 859. The Labute approximate surface area is 148 Å². The highest BCUT2D eigenvalue weighted by molar-refractivity contribution is 7.13. The molecule has 0 fully saturated rings. The number of benzene rings is 1. The minimum Gasteiger partial charge on any atom is -0.340 e. The molecule has 3 rings (SSSR count). The van der Waals surface area contributed by atoms with Crippen molar-refractivity contribution in [1.82, 2.24) is 25.9 Å². The second-order valence-electron chi connectivity index (χ2n) is 5.21. The molecule has 0 unspecified atom stereocenters. The largest absolute Gasteiger partial charge is 0.340 e. The summed E-state index contributed by atoms with van der Waals surface area (Å²) in [7, 11) is 1.47. The van der Waals surface area contributed by atoms with E-state index in [1.165, 1.54) is 18.4 Å². The summed E-state index contributed by atoms with van der Waals surface area (Å²) in [5.74, 6) is -0.425. The quantitative estimate of drug-likeness (QED) is 0.627. The maximum Gasteiger partial charge on any atom is 0.333 e. The van der Waals surface area contributed by atoms with Gasteiger partial charge in [-0.1, -0.05) is 36.4 Å². The summed E-state index contributed by atoms with van der Waals surface area (Å²) >= 11 is 1.50. The number of carbonyl (C=O) groups excluding carboxylic acids is 2. The monoisotopic (exact) mass is 355 g/mol. The smallest absolute Gasteiger partial charge is 0.333 e. The number of hydrogen-bond acceptors (Lipinski definition) is 4. The number of rotatable bonds is 4. The van der Waals surface area contributed by atoms with E-state index in [-0.39, 0.29) is 0 Å². The summed E-state index contributed by atoms with van der Waals surface area (Å²) in [6, 6.07) is 13.2. The zero-order chi connectivity index (χ0) is 17.6. The molecule has 0 spiro atoms. The van der Waals surface area contributed by atoms with E-state index in [1.807, 2.05) is 47.8 Å². The first-order chi connectivity index (χ1) is 12.2. The van der Waals surface area contributed by atoms with Crippen LogP contribution in [-0.2, 0) is 6.54 Å². The average molecular weight is 355 g/mol. The third-order valence-electron chi connectivity index (χ3n) is 3.46. The lowest BCUT2D eigenvalue weighted by molar-refractivity contribution is 0.0937. The molecule has 128 valence electrons. The van der Waals surface area contributed by atoms with Crippen molar-refractivity contribution >= 4 is 23.3 Å². The van der Waals surface area contributed by atoms with E-state index in [4.69, 9.17) is 0 Å². The fourth-order valence-electron chi connectivity index (χ4n) is 2.28. The van der Waals surface area contributed by atoms with Crippen LogP contribution >= 0.6 is 11.3 Å². The summed E-state index contributed by atoms with van der Waals surface area (Å²) in [5.41, 5.74) is 6.72. The molecule has 0 atom stereocenters. The number of hydrogen-bond donors (Lipinski definition) is 3. The Kier molecular flexibility index (Phi) is 5.10. The highest BCUT2D eigenvalue weighted by Crippen LogP contribution is 2.26. The van der Waals surface area contributed by atoms with E-state index >= 15 is 0 Å². The van der Waals surface area contributed by atoms with Crippen LogP contribution in [0.3, 0.4) is 0 Å². The lowest BCUT2D eigenvalue weighted by Gasteiger charge is -2.05. The molecule has 3 N–H and O–H groups in total. The van der Waals surface area contributed by atoms with E-state index in [0.29, 0.717) is 17.8 Å². The number of thiophene rings is 1. The van der Waals surface area contributed by atoms with Crippen LogP contribution < -0.4 is 16.2 Å². The molecular weight excluding hydrogens is 338 g/mol. The molecule has 0 aliphatic rings. The first-order valence-corrected chi connectivity index (χ1v) is 8.48. The Morgan fingerprint density at radius 1 is 1.12 bits per heavy atom. The zero-order valence-corrected chi connectivity index (χ0v) is 14.3. The molecule has 0 saturated heterocycles. The Morgan fingerprint density at radius 2 is 1.92 bits per heavy atom. The van der Waals surface area contributed by atoms with Gasteiger partial charge in [-0.15, -0.1) is 11.3 Å². The van der Waals surface area contributed by atoms with Gasteiger partial charge in [0.25, 0.3) is 5.91 Å². The Balaban J connectivity index is 1.87. The molecule has 0 radical (unpaired) electrons. The van der Waals surface area contributed by atoms with E-state index in [2.05, 4.69) is 21.3 Å². The third-order valence-corrected chi connectivity index (χ3v) is 4.34. The molecule has 3 aromatic rings. The molecule has 0 aliphatic heterocycles. The molecule has 25 heavy (non-hydrogen) atoms. The van der Waals surface area contributed by atoms with Gasteiger partial charge in [0.1, 0.15) is 5.69 Å². The van der Waals surface area contributed by atoms with Gasteiger partial charge < -0.3 is 5.32 Å². The predicted molar refractivity (Wildman–Crippen MR) is 96.1 cm³/mol. The first-order valence-electron chi connectivity index (χ1n) is 7.60. The van der Waals surface area contributed by atoms with Crippen LogP contribution in [0.1, 0.15) is 15.9 Å². The molecule has 1 aromatic carbocycles. The van der Waals surface area contributed by atoms with Gasteiger partial charge in [0.05, 0.1) is 17.0 Å². The normalized spacial score (nSPS) is 10.3. The average Bonchev–Trinajstić information content (AvgIpc) is 3.29. The molecule has 7 nitrogen and oxygen atoms in total. The maximum atomic E-state index is 12.4. The van der Waals surface area contributed by atoms with Gasteiger partial charge in [-0.25, -0.2) is 10.2 Å². The summed E-state index contributed by atoms with van der Waals surface area (Å²) in [5, 5.41) is 8.85. The van der Waals surface area contributed by atoms with Gasteiger partial charge in [0.2, 0.25) is 0 Å². The highest BCUT2D eigenvalue weighted by Gasteiger charge is 2.19. The van der Waals surface area contributed by atoms with Gasteiger partial charge in [0.15, 0.2) is 0 Å². The van der Waals surface area contributed by atoms with Crippen molar-refractivity contribution < 1.29 is 9.59 Å². The lowest BCUT2D eigenvalue weighted by Crippen LogP contribution is -2.45. The minimum atomic E-state index is -0.497. The molecule has 0 bridgehead atoms. The topological polar surface area (TPSA) is 88.0 Å². The van der Waals surface area contributed by atoms with Crippen LogP contribution in [0.2, 0.25) is 0 Å². The fraction of sp³-hybridized carbons (Fsp3) is 0.118. The van der Waals surface area contributed by atoms with Crippen LogP contribution in [0.15, 0.2) is 54.0 Å². The molecule has 2 aromatic heterocycles. The highest BCUT2D eigenvalue weighted by atomic mass is 32.1. The number of nitrogens with one attached hydrogen (secondary N) is 3. The van der Waals surface area contributed by atoms with Gasteiger partial charge >= 0.3 is 6.03 Å². The minimum absolute atomic E-state index is 0.398. The first kappa shape index (κ1) is 16.7. The van der Waals surface area contributed by atoms with Crippen LogP contribution in [0, 0.1) is 0 Å².